The van der Waals surface area contributed by atoms with Crippen LogP contribution in [0.1, 0.15) is 58.8 Å². The summed E-state index contributed by atoms with van der Waals surface area (Å²) < 4.78 is 10.7. The number of ether oxygens (including phenoxy) is 2. The molecule has 1 unspecified atom stereocenters. The van der Waals surface area contributed by atoms with Crippen LogP contribution in [0.2, 0.25) is 0 Å². The maximum Gasteiger partial charge on any atom is 0.334 e. The fourth-order valence-electron chi connectivity index (χ4n) is 2.84. The first-order chi connectivity index (χ1) is 12.0. The Bertz CT molecular complexity index is 430. The van der Waals surface area contributed by atoms with Crippen molar-refractivity contribution < 1.29 is 24.2 Å². The molecule has 6 heteroatoms. The summed E-state index contributed by atoms with van der Waals surface area (Å²) >= 11 is 0. The van der Waals surface area contributed by atoms with Gasteiger partial charge in [-0.3, -0.25) is 4.90 Å². The summed E-state index contributed by atoms with van der Waals surface area (Å²) in [7, 11) is 0. The van der Waals surface area contributed by atoms with Crippen molar-refractivity contribution in [3.05, 3.63) is 11.6 Å². The van der Waals surface area contributed by atoms with Crippen molar-refractivity contribution in [3.63, 3.8) is 0 Å². The van der Waals surface area contributed by atoms with Crippen molar-refractivity contribution in [2.45, 2.75) is 64.9 Å². The number of hydrogen-bond donors (Lipinski definition) is 1. The molecule has 1 fully saturated rings. The van der Waals surface area contributed by atoms with Gasteiger partial charge in [-0.2, -0.15) is 0 Å². The monoisotopic (exact) mass is 355 g/mol. The molecule has 1 N–H and O–H groups in total. The predicted molar refractivity (Wildman–Crippen MR) is 96.5 cm³/mol. The van der Waals surface area contributed by atoms with Crippen molar-refractivity contribution in [1.82, 2.24) is 4.90 Å². The molecule has 0 aliphatic carbocycles. The Labute approximate surface area is 151 Å². The van der Waals surface area contributed by atoms with Crippen LogP contribution in [-0.4, -0.2) is 60.9 Å². The molecular formula is C19H33NO5. The third-order valence-corrected chi connectivity index (χ3v) is 4.36. The molecule has 1 heterocycles. The van der Waals surface area contributed by atoms with Crippen LogP contribution >= 0.6 is 0 Å². The molecule has 1 aliphatic rings. The minimum absolute atomic E-state index is 0.175. The molecule has 0 amide bonds. The lowest BCUT2D eigenvalue weighted by Crippen LogP contribution is -2.36. The Morgan fingerprint density at radius 2 is 1.92 bits per heavy atom. The normalized spacial score (nSPS) is 17.3. The minimum Gasteiger partial charge on any atom is -0.478 e. The van der Waals surface area contributed by atoms with Gasteiger partial charge in [-0.05, 0) is 39.2 Å². The van der Waals surface area contributed by atoms with Gasteiger partial charge in [-0.1, -0.05) is 26.2 Å². The highest BCUT2D eigenvalue weighted by atomic mass is 16.5. The maximum absolute atomic E-state index is 12.2. The van der Waals surface area contributed by atoms with E-state index in [0.29, 0.717) is 6.42 Å². The van der Waals surface area contributed by atoms with Gasteiger partial charge in [0.15, 0.2) is 0 Å². The summed E-state index contributed by atoms with van der Waals surface area (Å²) in [5.74, 6) is -1.58. The third-order valence-electron chi connectivity index (χ3n) is 4.36. The third kappa shape index (κ3) is 10.2. The van der Waals surface area contributed by atoms with Gasteiger partial charge in [0.05, 0.1) is 19.3 Å². The van der Waals surface area contributed by atoms with Crippen LogP contribution in [0.25, 0.3) is 0 Å². The van der Waals surface area contributed by atoms with Gasteiger partial charge < -0.3 is 14.6 Å². The molecule has 0 radical (unpaired) electrons. The molecule has 0 bridgehead atoms. The fraction of sp³-hybridized carbons (Fsp3) is 0.789. The van der Waals surface area contributed by atoms with Crippen molar-refractivity contribution in [2.75, 3.05) is 32.8 Å². The van der Waals surface area contributed by atoms with Crippen LogP contribution in [-0.2, 0) is 19.1 Å². The average Bonchev–Trinajstić information content (AvgIpc) is 2.59. The number of morpholine rings is 1. The van der Waals surface area contributed by atoms with E-state index < -0.39 is 11.9 Å². The summed E-state index contributed by atoms with van der Waals surface area (Å²) in [6, 6.07) is 0. The van der Waals surface area contributed by atoms with E-state index in [2.05, 4.69) is 11.8 Å². The van der Waals surface area contributed by atoms with Crippen LogP contribution in [0.15, 0.2) is 11.6 Å². The number of esters is 1. The molecule has 1 atom stereocenters. The Morgan fingerprint density at radius 1 is 1.20 bits per heavy atom. The van der Waals surface area contributed by atoms with Crippen LogP contribution < -0.4 is 0 Å². The quantitative estimate of drug-likeness (QED) is 0.329. The minimum atomic E-state index is -1.10. The first-order valence-corrected chi connectivity index (χ1v) is 9.47. The van der Waals surface area contributed by atoms with Gasteiger partial charge in [0.2, 0.25) is 0 Å². The van der Waals surface area contributed by atoms with E-state index in [1.54, 1.807) is 0 Å². The molecule has 25 heavy (non-hydrogen) atoms. The first-order valence-electron chi connectivity index (χ1n) is 9.47. The average molecular weight is 355 g/mol. The second-order valence-electron chi connectivity index (χ2n) is 6.63. The fourth-order valence-corrected chi connectivity index (χ4v) is 2.84. The molecule has 0 aromatic rings. The first kappa shape index (κ1) is 21.6. The maximum atomic E-state index is 12.2. The SMILES string of the molecule is CCCCC(C)OC(=O)/C(=C/C(=O)O)CCCCCN1CCOCC1. The number of nitrogens with zero attached hydrogens (tertiary/aromatic N) is 1. The summed E-state index contributed by atoms with van der Waals surface area (Å²) in [4.78, 5) is 25.5. The number of hydrogen-bond acceptors (Lipinski definition) is 5. The summed E-state index contributed by atoms with van der Waals surface area (Å²) in [6.07, 6.45) is 6.92. The van der Waals surface area contributed by atoms with E-state index >= 15 is 0 Å². The number of carbonyl (C=O) groups excluding carboxylic acids is 1. The number of rotatable bonds is 12. The molecule has 6 nitrogen and oxygen atoms in total. The zero-order chi connectivity index (χ0) is 18.5. The zero-order valence-corrected chi connectivity index (χ0v) is 15.7. The molecule has 1 saturated heterocycles. The molecule has 0 aromatic carbocycles. The van der Waals surface area contributed by atoms with E-state index in [4.69, 9.17) is 14.6 Å². The van der Waals surface area contributed by atoms with E-state index in [9.17, 15) is 9.59 Å². The second-order valence-corrected chi connectivity index (χ2v) is 6.63. The molecule has 0 spiro atoms. The number of aliphatic carboxylic acids is 1. The van der Waals surface area contributed by atoms with Gasteiger partial charge >= 0.3 is 11.9 Å². The van der Waals surface area contributed by atoms with E-state index in [0.717, 1.165) is 77.4 Å². The Morgan fingerprint density at radius 3 is 2.56 bits per heavy atom. The van der Waals surface area contributed by atoms with Gasteiger partial charge in [0.25, 0.3) is 0 Å². The summed E-state index contributed by atoms with van der Waals surface area (Å²) in [5.41, 5.74) is 0.266. The lowest BCUT2D eigenvalue weighted by molar-refractivity contribution is -0.144. The predicted octanol–water partition coefficient (Wildman–Crippen LogP) is 3.01. The molecule has 144 valence electrons. The molecule has 1 rings (SSSR count). The van der Waals surface area contributed by atoms with E-state index in [1.807, 2.05) is 6.92 Å². The van der Waals surface area contributed by atoms with Gasteiger partial charge in [-0.25, -0.2) is 9.59 Å². The topological polar surface area (TPSA) is 76.1 Å². The zero-order valence-electron chi connectivity index (χ0n) is 15.7. The smallest absolute Gasteiger partial charge is 0.334 e. The van der Waals surface area contributed by atoms with Crippen LogP contribution in [0.3, 0.4) is 0 Å². The Hall–Kier alpha value is -1.40. The highest BCUT2D eigenvalue weighted by molar-refractivity contribution is 5.95. The van der Waals surface area contributed by atoms with Crippen LogP contribution in [0.5, 0.6) is 0 Å². The van der Waals surface area contributed by atoms with Gasteiger partial charge in [0, 0.05) is 24.7 Å². The molecular weight excluding hydrogens is 322 g/mol. The van der Waals surface area contributed by atoms with Crippen molar-refractivity contribution in [3.8, 4) is 0 Å². The molecule has 0 aromatic heterocycles. The van der Waals surface area contributed by atoms with Crippen molar-refractivity contribution in [2.24, 2.45) is 0 Å². The number of carbonyl (C=O) groups is 2. The van der Waals surface area contributed by atoms with Crippen LogP contribution in [0, 0.1) is 0 Å². The highest BCUT2D eigenvalue weighted by Crippen LogP contribution is 2.14. The largest absolute Gasteiger partial charge is 0.478 e. The summed E-state index contributed by atoms with van der Waals surface area (Å²) in [6.45, 7) is 8.52. The number of carboxylic acid groups (broad SMARTS) is 1. The Balaban J connectivity index is 2.32. The lowest BCUT2D eigenvalue weighted by atomic mass is 10.1. The van der Waals surface area contributed by atoms with Gasteiger partial charge in [0.1, 0.15) is 0 Å². The number of unbranched alkanes of at least 4 members (excludes halogenated alkanes) is 3. The number of carboxylic acids is 1. The lowest BCUT2D eigenvalue weighted by Gasteiger charge is -2.26. The molecule has 1 aliphatic heterocycles. The van der Waals surface area contributed by atoms with Crippen LogP contribution in [0.4, 0.5) is 0 Å². The second kappa shape index (κ2) is 12.9. The molecule has 0 saturated carbocycles. The highest BCUT2D eigenvalue weighted by Gasteiger charge is 2.16. The van der Waals surface area contributed by atoms with Crippen molar-refractivity contribution in [1.29, 1.82) is 0 Å². The van der Waals surface area contributed by atoms with E-state index in [-0.39, 0.29) is 11.7 Å². The standard InChI is InChI=1S/C19H33NO5/c1-3-4-8-16(2)25-19(23)17(15-18(21)22)9-6-5-7-10-20-11-13-24-14-12-20/h15-16H,3-14H2,1-2H3,(H,21,22)/b17-15+. The van der Waals surface area contributed by atoms with Crippen molar-refractivity contribution >= 4 is 11.9 Å². The Kier molecular flexibility index (Phi) is 11.2. The summed E-state index contributed by atoms with van der Waals surface area (Å²) in [5, 5.41) is 8.98. The van der Waals surface area contributed by atoms with E-state index in [1.165, 1.54) is 0 Å². The van der Waals surface area contributed by atoms with Gasteiger partial charge in [-0.15, -0.1) is 0 Å².